The summed E-state index contributed by atoms with van der Waals surface area (Å²) in [4.78, 5) is 24.3. The average molecular weight is 364 g/mol. The second kappa shape index (κ2) is 7.59. The molecule has 0 aliphatic rings. The molecule has 26 heavy (non-hydrogen) atoms. The second-order valence-corrected chi connectivity index (χ2v) is 6.16. The molecule has 7 heteroatoms. The molecule has 0 saturated carbocycles. The van der Waals surface area contributed by atoms with E-state index in [1.807, 2.05) is 25.2 Å². The van der Waals surface area contributed by atoms with E-state index in [0.29, 0.717) is 16.8 Å². The topological polar surface area (TPSA) is 58.2 Å². The van der Waals surface area contributed by atoms with E-state index < -0.39 is 18.6 Å². The molecule has 0 aliphatic heterocycles. The molecule has 2 rings (SSSR count). The quantitative estimate of drug-likeness (QED) is 0.856. The van der Waals surface area contributed by atoms with E-state index in [4.69, 9.17) is 0 Å². The maximum atomic E-state index is 12.4. The van der Waals surface area contributed by atoms with Gasteiger partial charge in [-0.1, -0.05) is 23.3 Å². The number of carbonyl (C=O) groups excluding carboxylic acids is 2. The van der Waals surface area contributed by atoms with Crippen LogP contribution in [0.4, 0.5) is 18.9 Å². The van der Waals surface area contributed by atoms with E-state index in [9.17, 15) is 22.8 Å². The minimum atomic E-state index is -4.49. The number of benzene rings is 2. The monoisotopic (exact) mass is 364 g/mol. The zero-order valence-electron chi connectivity index (χ0n) is 14.6. The molecular weight excluding hydrogens is 345 g/mol. The minimum Gasteiger partial charge on any atom is -0.343 e. The van der Waals surface area contributed by atoms with E-state index >= 15 is 0 Å². The van der Waals surface area contributed by atoms with Crippen LogP contribution in [0, 0.1) is 20.8 Å². The summed E-state index contributed by atoms with van der Waals surface area (Å²) in [5.41, 5.74) is 3.44. The predicted molar refractivity (Wildman–Crippen MR) is 93.4 cm³/mol. The Kier molecular flexibility index (Phi) is 5.69. The van der Waals surface area contributed by atoms with Crippen LogP contribution in [-0.2, 0) is 0 Å². The Morgan fingerprint density at radius 1 is 0.885 bits per heavy atom. The second-order valence-electron chi connectivity index (χ2n) is 6.16. The van der Waals surface area contributed by atoms with Crippen molar-refractivity contribution in [2.45, 2.75) is 26.9 Å². The van der Waals surface area contributed by atoms with Gasteiger partial charge in [-0.3, -0.25) is 9.59 Å². The summed E-state index contributed by atoms with van der Waals surface area (Å²) >= 11 is 0. The smallest absolute Gasteiger partial charge is 0.343 e. The summed E-state index contributed by atoms with van der Waals surface area (Å²) in [7, 11) is 0. The maximum Gasteiger partial charge on any atom is 0.405 e. The van der Waals surface area contributed by atoms with Crippen molar-refractivity contribution in [1.82, 2.24) is 5.32 Å². The maximum absolute atomic E-state index is 12.4. The Morgan fingerprint density at radius 3 is 2.08 bits per heavy atom. The first-order chi connectivity index (χ1) is 12.0. The number of alkyl halides is 3. The summed E-state index contributed by atoms with van der Waals surface area (Å²) in [5.74, 6) is -1.21. The third-order valence-corrected chi connectivity index (χ3v) is 3.68. The van der Waals surface area contributed by atoms with E-state index in [1.54, 1.807) is 25.1 Å². The lowest BCUT2D eigenvalue weighted by atomic mass is 10.1. The van der Waals surface area contributed by atoms with Crippen molar-refractivity contribution in [2.75, 3.05) is 11.9 Å². The third-order valence-electron chi connectivity index (χ3n) is 3.68. The molecule has 0 heterocycles. The third kappa shape index (κ3) is 5.34. The van der Waals surface area contributed by atoms with Gasteiger partial charge in [0.25, 0.3) is 11.8 Å². The lowest BCUT2D eigenvalue weighted by Gasteiger charge is -2.12. The number of nitrogens with one attached hydrogen (secondary N) is 2. The van der Waals surface area contributed by atoms with Gasteiger partial charge < -0.3 is 10.6 Å². The van der Waals surface area contributed by atoms with Crippen LogP contribution >= 0.6 is 0 Å². The SMILES string of the molecule is Cc1cc(C)cc(C(=O)Nc2cc(C(=O)NCC(F)(F)F)ccc2C)c1. The number of rotatable bonds is 4. The molecule has 0 radical (unpaired) electrons. The van der Waals surface area contributed by atoms with Gasteiger partial charge in [0.2, 0.25) is 0 Å². The molecule has 0 fully saturated rings. The van der Waals surface area contributed by atoms with E-state index in [1.165, 1.54) is 12.1 Å². The Morgan fingerprint density at radius 2 is 1.50 bits per heavy atom. The molecule has 0 atom stereocenters. The van der Waals surface area contributed by atoms with Crippen LogP contribution < -0.4 is 10.6 Å². The molecule has 0 spiro atoms. The molecule has 2 aromatic carbocycles. The number of hydrogen-bond acceptors (Lipinski definition) is 2. The first-order valence-corrected chi connectivity index (χ1v) is 7.90. The molecule has 2 amide bonds. The number of carbonyl (C=O) groups is 2. The van der Waals surface area contributed by atoms with Gasteiger partial charge in [0, 0.05) is 16.8 Å². The van der Waals surface area contributed by atoms with Crippen LogP contribution in [0.1, 0.15) is 37.4 Å². The molecule has 138 valence electrons. The molecule has 2 N–H and O–H groups in total. The van der Waals surface area contributed by atoms with Gasteiger partial charge >= 0.3 is 6.18 Å². The first kappa shape index (κ1) is 19.5. The molecular formula is C19H19F3N2O2. The number of amides is 2. The van der Waals surface area contributed by atoms with Crippen molar-refractivity contribution in [1.29, 1.82) is 0 Å². The minimum absolute atomic E-state index is 0.0376. The zero-order valence-corrected chi connectivity index (χ0v) is 14.6. The largest absolute Gasteiger partial charge is 0.405 e. The average Bonchev–Trinajstić information content (AvgIpc) is 2.53. The van der Waals surface area contributed by atoms with Crippen molar-refractivity contribution < 1.29 is 22.8 Å². The van der Waals surface area contributed by atoms with E-state index in [2.05, 4.69) is 5.32 Å². The molecule has 0 aliphatic carbocycles. The van der Waals surface area contributed by atoms with E-state index in [-0.39, 0.29) is 11.5 Å². The van der Waals surface area contributed by atoms with Crippen molar-refractivity contribution in [3.05, 3.63) is 64.2 Å². The van der Waals surface area contributed by atoms with E-state index in [0.717, 1.165) is 11.1 Å². The standard InChI is InChI=1S/C19H19F3N2O2/c1-11-6-12(2)8-15(7-11)18(26)24-16-9-14(5-4-13(16)3)17(25)23-10-19(20,21)22/h4-9H,10H2,1-3H3,(H,23,25)(H,24,26). The van der Waals surface area contributed by atoms with Crippen LogP contribution in [-0.4, -0.2) is 24.5 Å². The fraction of sp³-hybridized carbons (Fsp3) is 0.263. The summed E-state index contributed by atoms with van der Waals surface area (Å²) in [5, 5.41) is 4.52. The normalized spacial score (nSPS) is 11.2. The highest BCUT2D eigenvalue weighted by molar-refractivity contribution is 6.05. The Hall–Kier alpha value is -2.83. The van der Waals surface area contributed by atoms with Gasteiger partial charge in [0.05, 0.1) is 0 Å². The Bertz CT molecular complexity index is 825. The first-order valence-electron chi connectivity index (χ1n) is 7.90. The lowest BCUT2D eigenvalue weighted by molar-refractivity contribution is -0.123. The van der Waals surface area contributed by atoms with Crippen molar-refractivity contribution in [2.24, 2.45) is 0 Å². The zero-order chi connectivity index (χ0) is 19.5. The highest BCUT2D eigenvalue weighted by Crippen LogP contribution is 2.19. The van der Waals surface area contributed by atoms with Crippen molar-refractivity contribution in [3.8, 4) is 0 Å². The molecule has 4 nitrogen and oxygen atoms in total. The number of hydrogen-bond donors (Lipinski definition) is 2. The molecule has 0 saturated heterocycles. The van der Waals surface area contributed by atoms with Crippen LogP contribution in [0.5, 0.6) is 0 Å². The summed E-state index contributed by atoms with van der Waals surface area (Å²) in [6.07, 6.45) is -4.49. The molecule has 0 bridgehead atoms. The predicted octanol–water partition coefficient (Wildman–Crippen LogP) is 4.16. The Balaban J connectivity index is 2.19. The fourth-order valence-electron chi connectivity index (χ4n) is 2.48. The van der Waals surface area contributed by atoms with Gasteiger partial charge in [-0.2, -0.15) is 13.2 Å². The Labute approximate surface area is 149 Å². The van der Waals surface area contributed by atoms with Crippen molar-refractivity contribution in [3.63, 3.8) is 0 Å². The summed E-state index contributed by atoms with van der Waals surface area (Å²) in [6, 6.07) is 9.75. The van der Waals surface area contributed by atoms with Gasteiger partial charge in [-0.05, 0) is 50.6 Å². The highest BCUT2D eigenvalue weighted by atomic mass is 19.4. The number of halogens is 3. The van der Waals surface area contributed by atoms with Gasteiger partial charge in [0.1, 0.15) is 6.54 Å². The molecule has 0 unspecified atom stereocenters. The molecule has 0 aromatic heterocycles. The number of anilines is 1. The number of aryl methyl sites for hydroxylation is 3. The van der Waals surface area contributed by atoms with Gasteiger partial charge in [-0.15, -0.1) is 0 Å². The van der Waals surface area contributed by atoms with Crippen LogP contribution in [0.15, 0.2) is 36.4 Å². The van der Waals surface area contributed by atoms with Crippen LogP contribution in [0.25, 0.3) is 0 Å². The lowest BCUT2D eigenvalue weighted by Crippen LogP contribution is -2.33. The van der Waals surface area contributed by atoms with Gasteiger partial charge in [0.15, 0.2) is 0 Å². The molecule has 2 aromatic rings. The van der Waals surface area contributed by atoms with Crippen LogP contribution in [0.2, 0.25) is 0 Å². The highest BCUT2D eigenvalue weighted by Gasteiger charge is 2.28. The fourth-order valence-corrected chi connectivity index (χ4v) is 2.48. The summed E-state index contributed by atoms with van der Waals surface area (Å²) < 4.78 is 36.7. The van der Waals surface area contributed by atoms with Gasteiger partial charge in [-0.25, -0.2) is 0 Å². The summed E-state index contributed by atoms with van der Waals surface area (Å²) in [6.45, 7) is 4.07. The van der Waals surface area contributed by atoms with Crippen molar-refractivity contribution >= 4 is 17.5 Å². The van der Waals surface area contributed by atoms with Crippen LogP contribution in [0.3, 0.4) is 0 Å².